The Morgan fingerprint density at radius 1 is 1.10 bits per heavy atom. The lowest BCUT2D eigenvalue weighted by atomic mass is 10.0. The zero-order chi connectivity index (χ0) is 29.0. The number of nitrogens with one attached hydrogen (secondary N) is 2. The zero-order valence-corrected chi connectivity index (χ0v) is 24.1. The first-order chi connectivity index (χ1) is 19.1. The van der Waals surface area contributed by atoms with Crippen molar-refractivity contribution < 1.29 is 23.0 Å². The molecule has 0 fully saturated rings. The van der Waals surface area contributed by atoms with Gasteiger partial charge in [0.25, 0.3) is 5.56 Å². The van der Waals surface area contributed by atoms with Gasteiger partial charge in [0.15, 0.2) is 22.8 Å². The predicted octanol–water partition coefficient (Wildman–Crippen LogP) is 3.93. The van der Waals surface area contributed by atoms with Gasteiger partial charge in [0.1, 0.15) is 11.6 Å². The van der Waals surface area contributed by atoms with Crippen molar-refractivity contribution in [3.63, 3.8) is 0 Å². The fourth-order valence-corrected chi connectivity index (χ4v) is 5.72. The second kappa shape index (κ2) is 12.1. The number of aryl methyl sites for hydroxylation is 1. The van der Waals surface area contributed by atoms with Gasteiger partial charge in [-0.2, -0.15) is 0 Å². The van der Waals surface area contributed by atoms with Crippen LogP contribution >= 0.6 is 0 Å². The van der Waals surface area contributed by atoms with E-state index in [0.29, 0.717) is 47.1 Å². The van der Waals surface area contributed by atoms with E-state index in [0.717, 1.165) is 18.4 Å². The number of fused-ring (bicyclic) bond motifs is 1. The van der Waals surface area contributed by atoms with Gasteiger partial charge < -0.3 is 19.6 Å². The summed E-state index contributed by atoms with van der Waals surface area (Å²) in [6, 6.07) is 9.32. The average Bonchev–Trinajstić information content (AvgIpc) is 3.26. The number of aromatic amines is 1. The molecule has 0 unspecified atom stereocenters. The third-order valence-corrected chi connectivity index (χ3v) is 8.28. The van der Waals surface area contributed by atoms with E-state index in [1.807, 2.05) is 6.92 Å². The Hall–Kier alpha value is -3.90. The molecule has 2 aromatic heterocycles. The number of phenolic OH excluding ortho intramolecular Hbond substituents is 1. The summed E-state index contributed by atoms with van der Waals surface area (Å²) in [4.78, 5) is 20.6. The van der Waals surface area contributed by atoms with E-state index in [4.69, 9.17) is 14.6 Å². The molecule has 2 heterocycles. The first-order valence-electron chi connectivity index (χ1n) is 13.3. The van der Waals surface area contributed by atoms with Gasteiger partial charge in [-0.15, -0.1) is 5.10 Å². The van der Waals surface area contributed by atoms with Crippen LogP contribution in [0.5, 0.6) is 17.2 Å². The molecule has 0 saturated carbocycles. The van der Waals surface area contributed by atoms with Crippen LogP contribution in [0.1, 0.15) is 56.6 Å². The molecule has 0 radical (unpaired) electrons. The summed E-state index contributed by atoms with van der Waals surface area (Å²) < 4.78 is 41.5. The Bertz CT molecular complexity index is 1670. The highest BCUT2D eigenvalue weighted by Gasteiger charge is 2.23. The molecule has 2 aromatic carbocycles. The van der Waals surface area contributed by atoms with Crippen molar-refractivity contribution in [3.8, 4) is 28.6 Å². The van der Waals surface area contributed by atoms with Gasteiger partial charge in [0.05, 0.1) is 29.9 Å². The normalized spacial score (nSPS) is 11.8. The summed E-state index contributed by atoms with van der Waals surface area (Å²) in [5.74, 6) is 1.70. The van der Waals surface area contributed by atoms with Crippen LogP contribution in [-0.4, -0.2) is 53.4 Å². The highest BCUT2D eigenvalue weighted by atomic mass is 32.2. The number of H-pyrrole nitrogens is 1. The van der Waals surface area contributed by atoms with E-state index in [2.05, 4.69) is 28.5 Å². The Balaban J connectivity index is 1.70. The van der Waals surface area contributed by atoms with Crippen molar-refractivity contribution in [1.29, 1.82) is 0 Å². The van der Waals surface area contributed by atoms with E-state index in [9.17, 15) is 18.3 Å². The molecule has 0 spiro atoms. The number of rotatable bonds is 12. The number of imidazole rings is 1. The van der Waals surface area contributed by atoms with E-state index in [-0.39, 0.29) is 34.5 Å². The van der Waals surface area contributed by atoms with Gasteiger partial charge in [-0.25, -0.2) is 22.6 Å². The number of hydrogen-bond donors (Lipinski definition) is 3. The van der Waals surface area contributed by atoms with Gasteiger partial charge in [0, 0.05) is 12.5 Å². The molecule has 11 nitrogen and oxygen atoms in total. The van der Waals surface area contributed by atoms with Crippen molar-refractivity contribution in [2.75, 3.05) is 20.3 Å². The molecule has 0 saturated heterocycles. The van der Waals surface area contributed by atoms with Crippen LogP contribution in [0.3, 0.4) is 0 Å². The Labute approximate surface area is 233 Å². The highest BCUT2D eigenvalue weighted by molar-refractivity contribution is 7.89. The van der Waals surface area contributed by atoms with Gasteiger partial charge in [-0.1, -0.05) is 19.9 Å². The number of sulfonamides is 1. The van der Waals surface area contributed by atoms with E-state index < -0.39 is 10.0 Å². The molecule has 40 heavy (non-hydrogen) atoms. The van der Waals surface area contributed by atoms with Gasteiger partial charge in [-0.3, -0.25) is 4.79 Å². The second-order valence-electron chi connectivity index (χ2n) is 9.38. The zero-order valence-electron chi connectivity index (χ0n) is 23.3. The van der Waals surface area contributed by atoms with Crippen molar-refractivity contribution >= 4 is 15.5 Å². The molecule has 4 aromatic rings. The second-order valence-corrected chi connectivity index (χ2v) is 11.1. The van der Waals surface area contributed by atoms with Crippen LogP contribution in [0.25, 0.3) is 16.9 Å². The molecule has 214 valence electrons. The summed E-state index contributed by atoms with van der Waals surface area (Å²) in [6.45, 7) is 8.17. The lowest BCUT2D eigenvalue weighted by molar-refractivity contribution is 0.341. The maximum Gasteiger partial charge on any atom is 0.277 e. The molecule has 3 N–H and O–H groups in total. The summed E-state index contributed by atoms with van der Waals surface area (Å²) in [5, 5.41) is 14.5. The first-order valence-corrected chi connectivity index (χ1v) is 14.7. The molecular weight excluding hydrogens is 534 g/mol. The maximum atomic E-state index is 13.2. The number of aromatic nitrogens is 4. The van der Waals surface area contributed by atoms with E-state index in [1.54, 1.807) is 29.6 Å². The van der Waals surface area contributed by atoms with Gasteiger partial charge >= 0.3 is 0 Å². The van der Waals surface area contributed by atoms with Crippen molar-refractivity contribution in [2.45, 2.75) is 57.8 Å². The number of benzene rings is 2. The van der Waals surface area contributed by atoms with Crippen LogP contribution in [0.15, 0.2) is 46.1 Å². The minimum Gasteiger partial charge on any atom is -0.504 e. The number of phenols is 1. The summed E-state index contributed by atoms with van der Waals surface area (Å²) in [6.07, 6.45) is 2.04. The fraction of sp³-hybridized carbons (Fsp3) is 0.393. The third-order valence-electron chi connectivity index (χ3n) is 6.82. The van der Waals surface area contributed by atoms with Crippen LogP contribution in [0, 0.1) is 6.92 Å². The summed E-state index contributed by atoms with van der Waals surface area (Å²) >= 11 is 0. The van der Waals surface area contributed by atoms with Crippen LogP contribution < -0.4 is 19.8 Å². The van der Waals surface area contributed by atoms with Crippen LogP contribution in [0.2, 0.25) is 0 Å². The number of ether oxygens (including phenoxy) is 2. The summed E-state index contributed by atoms with van der Waals surface area (Å²) in [7, 11) is -2.47. The standard InChI is InChI=1S/C28H35N5O6S/c1-6-19(7-2)27-30-17(4)25-28(35)31-26(32-33(25)27)21-16-20(10-12-23(21)39-8-3)40(36,37)29-14-13-18-9-11-22(34)24(15-18)38-5/h9-12,15-16,19,29,34H,6-8,13-14H2,1-5H3,(H,31,32,35). The number of methoxy groups -OCH3 is 1. The van der Waals surface area contributed by atoms with E-state index >= 15 is 0 Å². The first kappa shape index (κ1) is 29.1. The molecule has 0 bridgehead atoms. The van der Waals surface area contributed by atoms with Gasteiger partial charge in [0.2, 0.25) is 10.0 Å². The molecule has 4 rings (SSSR count). The molecule has 0 aliphatic rings. The smallest absolute Gasteiger partial charge is 0.277 e. The maximum absolute atomic E-state index is 13.2. The topological polar surface area (TPSA) is 148 Å². The van der Waals surface area contributed by atoms with Crippen molar-refractivity contribution in [1.82, 2.24) is 24.3 Å². The van der Waals surface area contributed by atoms with Crippen LogP contribution in [-0.2, 0) is 16.4 Å². The van der Waals surface area contributed by atoms with Crippen LogP contribution in [0.4, 0.5) is 0 Å². The number of hydrogen-bond acceptors (Lipinski definition) is 8. The lowest BCUT2D eigenvalue weighted by Gasteiger charge is -2.14. The minimum absolute atomic E-state index is 0.000913. The Kier molecular flexibility index (Phi) is 8.79. The van der Waals surface area contributed by atoms with Gasteiger partial charge in [-0.05, 0) is 69.0 Å². The molecule has 0 aliphatic carbocycles. The molecule has 12 heteroatoms. The lowest BCUT2D eigenvalue weighted by Crippen LogP contribution is -2.26. The SMILES string of the molecule is CCOc1ccc(S(=O)(=O)NCCc2ccc(O)c(OC)c2)cc1-c1nn2c(C(CC)CC)nc(C)c2c(=O)[nH]1. The average molecular weight is 570 g/mol. The Morgan fingerprint density at radius 2 is 1.85 bits per heavy atom. The quantitative estimate of drug-likeness (QED) is 0.232. The molecule has 0 aliphatic heterocycles. The van der Waals surface area contributed by atoms with E-state index in [1.165, 1.54) is 25.3 Å². The van der Waals surface area contributed by atoms with Crippen molar-refractivity contribution in [2.24, 2.45) is 0 Å². The largest absolute Gasteiger partial charge is 0.504 e. The third kappa shape index (κ3) is 5.82. The Morgan fingerprint density at radius 3 is 2.52 bits per heavy atom. The fourth-order valence-electron chi connectivity index (χ4n) is 4.67. The predicted molar refractivity (Wildman–Crippen MR) is 152 cm³/mol. The molecular formula is C28H35N5O6S. The molecule has 0 amide bonds. The highest BCUT2D eigenvalue weighted by Crippen LogP contribution is 2.31. The minimum atomic E-state index is -3.92. The summed E-state index contributed by atoms with van der Waals surface area (Å²) in [5.41, 5.74) is 1.71. The molecule has 0 atom stereocenters. The number of aromatic hydroxyl groups is 1. The van der Waals surface area contributed by atoms with Crippen molar-refractivity contribution in [3.05, 3.63) is 63.8 Å². The monoisotopic (exact) mass is 569 g/mol. The number of nitrogens with zero attached hydrogens (tertiary/aromatic N) is 3.